The lowest BCUT2D eigenvalue weighted by molar-refractivity contribution is 0.0528. The van der Waals surface area contributed by atoms with Gasteiger partial charge in [-0.2, -0.15) is 0 Å². The molecule has 0 aliphatic rings. The third-order valence-corrected chi connectivity index (χ3v) is 2.80. The minimum Gasteiger partial charge on any atom is -0.497 e. The average Bonchev–Trinajstić information content (AvgIpc) is 2.45. The second kappa shape index (κ2) is 9.78. The summed E-state index contributed by atoms with van der Waals surface area (Å²) in [7, 11) is 3.40. The van der Waals surface area contributed by atoms with Crippen LogP contribution in [0.25, 0.3) is 0 Å². The fourth-order valence-corrected chi connectivity index (χ4v) is 1.71. The van der Waals surface area contributed by atoms with Crippen LogP contribution in [-0.4, -0.2) is 40.0 Å². The number of ether oxygens (including phenoxy) is 3. The van der Waals surface area contributed by atoms with E-state index in [0.29, 0.717) is 6.61 Å². The third-order valence-electron chi connectivity index (χ3n) is 2.80. The van der Waals surface area contributed by atoms with Crippen molar-refractivity contribution in [1.29, 1.82) is 0 Å². The molecule has 0 heterocycles. The summed E-state index contributed by atoms with van der Waals surface area (Å²) in [5.74, 6) is 0.867. The molecule has 19 heavy (non-hydrogen) atoms. The van der Waals surface area contributed by atoms with Crippen LogP contribution >= 0.6 is 0 Å². The molecule has 1 aromatic carbocycles. The smallest absolute Gasteiger partial charge is 0.119 e. The summed E-state index contributed by atoms with van der Waals surface area (Å²) in [4.78, 5) is 0. The minimum absolute atomic E-state index is 0.189. The van der Waals surface area contributed by atoms with E-state index >= 15 is 0 Å². The Morgan fingerprint density at radius 2 is 2.11 bits per heavy atom. The van der Waals surface area contributed by atoms with Crippen LogP contribution in [0.2, 0.25) is 0 Å². The van der Waals surface area contributed by atoms with Crippen molar-refractivity contribution in [1.82, 2.24) is 5.32 Å². The first-order valence-electron chi connectivity index (χ1n) is 6.70. The standard InChI is InChI=1S/C15H25NO3/c1-13(11-16-8-5-9-17-2)19-12-14-6-4-7-15(10-14)18-3/h4,6-7,10,13,16H,5,8-9,11-12H2,1-3H3. The molecule has 0 spiro atoms. The van der Waals surface area contributed by atoms with Gasteiger partial charge in [0, 0.05) is 20.3 Å². The SMILES string of the molecule is COCCCNCC(C)OCc1cccc(OC)c1. The van der Waals surface area contributed by atoms with Gasteiger partial charge in [-0.3, -0.25) is 0 Å². The van der Waals surface area contributed by atoms with Gasteiger partial charge in [0.2, 0.25) is 0 Å². The zero-order valence-corrected chi connectivity index (χ0v) is 12.1. The number of methoxy groups -OCH3 is 2. The van der Waals surface area contributed by atoms with Gasteiger partial charge in [-0.15, -0.1) is 0 Å². The Morgan fingerprint density at radius 1 is 1.26 bits per heavy atom. The Kier molecular flexibility index (Phi) is 8.21. The molecule has 0 fully saturated rings. The van der Waals surface area contributed by atoms with Crippen molar-refractivity contribution in [2.75, 3.05) is 33.9 Å². The first kappa shape index (κ1) is 16.0. The quantitative estimate of drug-likeness (QED) is 0.660. The van der Waals surface area contributed by atoms with Gasteiger partial charge < -0.3 is 19.5 Å². The highest BCUT2D eigenvalue weighted by Gasteiger charge is 2.03. The molecule has 108 valence electrons. The molecular formula is C15H25NO3. The Morgan fingerprint density at radius 3 is 2.84 bits per heavy atom. The molecule has 1 N–H and O–H groups in total. The van der Waals surface area contributed by atoms with E-state index in [2.05, 4.69) is 12.2 Å². The summed E-state index contributed by atoms with van der Waals surface area (Å²) >= 11 is 0. The van der Waals surface area contributed by atoms with E-state index in [9.17, 15) is 0 Å². The summed E-state index contributed by atoms with van der Waals surface area (Å²) in [6.45, 7) is 5.29. The molecule has 1 aromatic rings. The Labute approximate surface area is 116 Å². The van der Waals surface area contributed by atoms with E-state index in [4.69, 9.17) is 14.2 Å². The first-order chi connectivity index (χ1) is 9.26. The van der Waals surface area contributed by atoms with Crippen molar-refractivity contribution < 1.29 is 14.2 Å². The molecule has 1 atom stereocenters. The van der Waals surface area contributed by atoms with E-state index < -0.39 is 0 Å². The van der Waals surface area contributed by atoms with Gasteiger partial charge in [0.1, 0.15) is 5.75 Å². The van der Waals surface area contributed by atoms with E-state index in [0.717, 1.165) is 37.4 Å². The fraction of sp³-hybridized carbons (Fsp3) is 0.600. The van der Waals surface area contributed by atoms with Gasteiger partial charge in [0.25, 0.3) is 0 Å². The highest BCUT2D eigenvalue weighted by atomic mass is 16.5. The molecule has 0 saturated carbocycles. The van der Waals surface area contributed by atoms with Crippen molar-refractivity contribution >= 4 is 0 Å². The molecule has 4 nitrogen and oxygen atoms in total. The maximum atomic E-state index is 5.78. The molecule has 0 amide bonds. The summed E-state index contributed by atoms with van der Waals surface area (Å²) < 4.78 is 16.0. The van der Waals surface area contributed by atoms with Crippen LogP contribution in [-0.2, 0) is 16.1 Å². The maximum Gasteiger partial charge on any atom is 0.119 e. The van der Waals surface area contributed by atoms with Gasteiger partial charge in [-0.05, 0) is 37.6 Å². The highest BCUT2D eigenvalue weighted by Crippen LogP contribution is 2.13. The van der Waals surface area contributed by atoms with Crippen LogP contribution in [0.3, 0.4) is 0 Å². The molecule has 0 bridgehead atoms. The number of rotatable bonds is 10. The maximum absolute atomic E-state index is 5.78. The van der Waals surface area contributed by atoms with Crippen molar-refractivity contribution in [3.63, 3.8) is 0 Å². The summed E-state index contributed by atoms with van der Waals surface area (Å²) in [5.41, 5.74) is 1.13. The van der Waals surface area contributed by atoms with E-state index in [-0.39, 0.29) is 6.10 Å². The second-order valence-corrected chi connectivity index (χ2v) is 4.52. The average molecular weight is 267 g/mol. The summed E-state index contributed by atoms with van der Waals surface area (Å²) in [6, 6.07) is 7.95. The van der Waals surface area contributed by atoms with Crippen molar-refractivity contribution in [2.24, 2.45) is 0 Å². The minimum atomic E-state index is 0.189. The molecule has 0 saturated heterocycles. The van der Waals surface area contributed by atoms with Crippen molar-refractivity contribution in [3.8, 4) is 5.75 Å². The van der Waals surface area contributed by atoms with Crippen molar-refractivity contribution in [2.45, 2.75) is 26.1 Å². The van der Waals surface area contributed by atoms with E-state index in [1.165, 1.54) is 0 Å². The molecule has 0 aliphatic heterocycles. The van der Waals surface area contributed by atoms with E-state index in [1.807, 2.05) is 24.3 Å². The lowest BCUT2D eigenvalue weighted by Gasteiger charge is -2.14. The molecule has 1 unspecified atom stereocenters. The largest absolute Gasteiger partial charge is 0.497 e. The van der Waals surface area contributed by atoms with Crippen LogP contribution in [0.4, 0.5) is 0 Å². The van der Waals surface area contributed by atoms with Gasteiger partial charge >= 0.3 is 0 Å². The molecule has 0 radical (unpaired) electrons. The zero-order chi connectivity index (χ0) is 13.9. The summed E-state index contributed by atoms with van der Waals surface area (Å²) in [6.07, 6.45) is 1.22. The summed E-state index contributed by atoms with van der Waals surface area (Å²) in [5, 5.41) is 3.35. The van der Waals surface area contributed by atoms with Crippen LogP contribution in [0, 0.1) is 0 Å². The third kappa shape index (κ3) is 7.15. The fourth-order valence-electron chi connectivity index (χ4n) is 1.71. The molecule has 1 rings (SSSR count). The number of hydrogen-bond donors (Lipinski definition) is 1. The number of benzene rings is 1. The molecule has 0 aliphatic carbocycles. The molecule has 0 aromatic heterocycles. The monoisotopic (exact) mass is 267 g/mol. The molecular weight excluding hydrogens is 242 g/mol. The number of nitrogens with one attached hydrogen (secondary N) is 1. The van der Waals surface area contributed by atoms with Gasteiger partial charge in [0.15, 0.2) is 0 Å². The number of hydrogen-bond acceptors (Lipinski definition) is 4. The lowest BCUT2D eigenvalue weighted by atomic mass is 10.2. The molecule has 4 heteroatoms. The van der Waals surface area contributed by atoms with Crippen LogP contribution in [0.5, 0.6) is 5.75 Å². The predicted octanol–water partition coefficient (Wildman–Crippen LogP) is 2.23. The van der Waals surface area contributed by atoms with Gasteiger partial charge in [-0.1, -0.05) is 12.1 Å². The highest BCUT2D eigenvalue weighted by molar-refractivity contribution is 5.27. The lowest BCUT2D eigenvalue weighted by Crippen LogP contribution is -2.28. The first-order valence-corrected chi connectivity index (χ1v) is 6.70. The second-order valence-electron chi connectivity index (χ2n) is 4.52. The topological polar surface area (TPSA) is 39.7 Å². The van der Waals surface area contributed by atoms with Crippen molar-refractivity contribution in [3.05, 3.63) is 29.8 Å². The normalized spacial score (nSPS) is 12.4. The van der Waals surface area contributed by atoms with Crippen LogP contribution in [0.1, 0.15) is 18.9 Å². The zero-order valence-electron chi connectivity index (χ0n) is 12.1. The van der Waals surface area contributed by atoms with Crippen LogP contribution < -0.4 is 10.1 Å². The Balaban J connectivity index is 2.16. The van der Waals surface area contributed by atoms with Gasteiger partial charge in [-0.25, -0.2) is 0 Å². The Hall–Kier alpha value is -1.10. The van der Waals surface area contributed by atoms with Gasteiger partial charge in [0.05, 0.1) is 19.8 Å². The Bertz CT molecular complexity index is 344. The van der Waals surface area contributed by atoms with E-state index in [1.54, 1.807) is 14.2 Å². The predicted molar refractivity (Wildman–Crippen MR) is 76.6 cm³/mol. The van der Waals surface area contributed by atoms with Crippen LogP contribution in [0.15, 0.2) is 24.3 Å².